The van der Waals surface area contributed by atoms with Crippen LogP contribution in [0, 0.1) is 48.2 Å². The smallest absolute Gasteiger partial charge is 0.150 e. The summed E-state index contributed by atoms with van der Waals surface area (Å²) in [6.07, 6.45) is 1.19. The van der Waals surface area contributed by atoms with Crippen molar-refractivity contribution in [2.45, 2.75) is 43.9 Å². The summed E-state index contributed by atoms with van der Waals surface area (Å²) >= 11 is 5.76. The molecule has 3 rings (SSSR count). The predicted molar refractivity (Wildman–Crippen MR) is 73.8 cm³/mol. The molecule has 2 nitrogen and oxygen atoms in total. The van der Waals surface area contributed by atoms with Crippen LogP contribution in [0.2, 0.25) is 5.02 Å². The first-order chi connectivity index (χ1) is 9.91. The van der Waals surface area contributed by atoms with Gasteiger partial charge in [0.15, 0.2) is 0 Å². The van der Waals surface area contributed by atoms with Crippen molar-refractivity contribution in [3.05, 3.63) is 39.8 Å². The summed E-state index contributed by atoms with van der Waals surface area (Å²) in [5.41, 5.74) is 1.52. The van der Waals surface area contributed by atoms with Crippen LogP contribution in [0.5, 0.6) is 0 Å². The van der Waals surface area contributed by atoms with E-state index in [2.05, 4.69) is 5.48 Å². The molecule has 0 amide bonds. The minimum Gasteiger partial charge on any atom is -0.536 e. The van der Waals surface area contributed by atoms with Crippen molar-refractivity contribution in [1.29, 1.82) is 0 Å². The second kappa shape index (κ2) is 6.64. The van der Waals surface area contributed by atoms with Crippen LogP contribution >= 0.6 is 11.6 Å². The summed E-state index contributed by atoms with van der Waals surface area (Å²) in [5.74, 6) is -1.58. The van der Waals surface area contributed by atoms with Crippen LogP contribution in [0.1, 0.15) is 43.8 Å². The quantitative estimate of drug-likeness (QED) is 0.366. The SMILES string of the molecule is C[N-]OC(c1c(F)ccc(Cl)c1F)C12CCC(F)(CC1)C2.[U]. The Morgan fingerprint density at radius 3 is 2.36 bits per heavy atom. The molecule has 2 fully saturated rings. The summed E-state index contributed by atoms with van der Waals surface area (Å²) in [7, 11) is 1.40. The van der Waals surface area contributed by atoms with Crippen molar-refractivity contribution in [2.75, 3.05) is 7.05 Å². The van der Waals surface area contributed by atoms with Gasteiger partial charge in [-0.2, -0.15) is 0 Å². The third-order valence-corrected chi connectivity index (χ3v) is 5.21. The summed E-state index contributed by atoms with van der Waals surface area (Å²) in [6, 6.07) is 2.27. The Morgan fingerprint density at radius 2 is 1.86 bits per heavy atom. The third kappa shape index (κ3) is 2.98. The van der Waals surface area contributed by atoms with Gasteiger partial charge >= 0.3 is 0 Å². The van der Waals surface area contributed by atoms with Crippen molar-refractivity contribution in [3.8, 4) is 0 Å². The maximum Gasteiger partial charge on any atom is 0.150 e. The third-order valence-electron chi connectivity index (χ3n) is 4.92. The Morgan fingerprint density at radius 1 is 1.23 bits per heavy atom. The molecule has 2 aliphatic carbocycles. The normalized spacial score (nSPS) is 31.1. The van der Waals surface area contributed by atoms with E-state index in [0.717, 1.165) is 12.1 Å². The van der Waals surface area contributed by atoms with E-state index in [0.29, 0.717) is 25.7 Å². The number of hydrogen-bond acceptors (Lipinski definition) is 1. The summed E-state index contributed by atoms with van der Waals surface area (Å²) in [4.78, 5) is 5.31. The molecular formula is C15H16ClF3NOU-. The van der Waals surface area contributed by atoms with Gasteiger partial charge in [0.05, 0.1) is 16.7 Å². The first-order valence-corrected chi connectivity index (χ1v) is 7.36. The molecule has 22 heavy (non-hydrogen) atoms. The Kier molecular flexibility index (Phi) is 5.62. The number of alkyl halides is 1. The summed E-state index contributed by atoms with van der Waals surface area (Å²) < 4.78 is 42.9. The Hall–Kier alpha value is 0.272. The van der Waals surface area contributed by atoms with Crippen molar-refractivity contribution in [3.63, 3.8) is 0 Å². The van der Waals surface area contributed by atoms with E-state index >= 15 is 0 Å². The van der Waals surface area contributed by atoms with Crippen LogP contribution in [0.3, 0.4) is 0 Å². The zero-order valence-electron chi connectivity index (χ0n) is 12.1. The van der Waals surface area contributed by atoms with Crippen LogP contribution in [0.15, 0.2) is 12.1 Å². The number of halogens is 4. The molecule has 0 saturated heterocycles. The Bertz CT molecular complexity index is 564. The first-order valence-electron chi connectivity index (χ1n) is 6.98. The van der Waals surface area contributed by atoms with E-state index in [-0.39, 0.29) is 48.1 Å². The van der Waals surface area contributed by atoms with Crippen molar-refractivity contribution in [1.82, 2.24) is 0 Å². The monoisotopic (exact) mass is 556 g/mol. The van der Waals surface area contributed by atoms with Crippen molar-refractivity contribution in [2.24, 2.45) is 5.41 Å². The molecule has 0 heterocycles. The average Bonchev–Trinajstić information content (AvgIpc) is 2.97. The van der Waals surface area contributed by atoms with Gasteiger partial charge < -0.3 is 10.3 Å². The molecule has 0 aromatic heterocycles. The minimum absolute atomic E-state index is 0. The van der Waals surface area contributed by atoms with E-state index in [9.17, 15) is 13.2 Å². The average molecular weight is 557 g/mol. The molecule has 1 aromatic rings. The molecule has 2 aliphatic rings. The number of benzene rings is 1. The van der Waals surface area contributed by atoms with Crippen LogP contribution < -0.4 is 0 Å². The zero-order valence-corrected chi connectivity index (χ0v) is 17.1. The number of nitrogens with zero attached hydrogens (tertiary/aromatic N) is 1. The van der Waals surface area contributed by atoms with Gasteiger partial charge in [-0.05, 0) is 44.2 Å². The van der Waals surface area contributed by atoms with Crippen molar-refractivity contribution < 1.29 is 49.1 Å². The van der Waals surface area contributed by atoms with Crippen LogP contribution in [0.25, 0.3) is 5.48 Å². The van der Waals surface area contributed by atoms with E-state index in [1.54, 1.807) is 0 Å². The maximum atomic E-state index is 14.4. The summed E-state index contributed by atoms with van der Waals surface area (Å²) in [5, 5.41) is -0.171. The van der Waals surface area contributed by atoms with Gasteiger partial charge in [0.2, 0.25) is 0 Å². The van der Waals surface area contributed by atoms with Gasteiger partial charge in [0.1, 0.15) is 17.3 Å². The largest absolute Gasteiger partial charge is 0.536 e. The molecule has 1 aromatic carbocycles. The molecule has 0 N–H and O–H groups in total. The van der Waals surface area contributed by atoms with E-state index in [1.807, 2.05) is 0 Å². The Balaban J connectivity index is 0.00000176. The van der Waals surface area contributed by atoms with E-state index in [4.69, 9.17) is 16.4 Å². The molecule has 0 spiro atoms. The number of fused-ring (bicyclic) bond motifs is 2. The number of hydroxylamine groups is 1. The van der Waals surface area contributed by atoms with Crippen LogP contribution in [0.4, 0.5) is 13.2 Å². The Labute approximate surface area is 156 Å². The first kappa shape index (κ1) is 18.6. The minimum atomic E-state index is -1.24. The van der Waals surface area contributed by atoms with Gasteiger partial charge in [-0.25, -0.2) is 13.2 Å². The zero-order chi connectivity index (χ0) is 15.3. The van der Waals surface area contributed by atoms with Crippen LogP contribution in [-0.2, 0) is 4.84 Å². The van der Waals surface area contributed by atoms with Gasteiger partial charge in [-0.1, -0.05) is 11.6 Å². The standard InChI is InChI=1S/C15H16ClF3NO.U/c1-20-21-13(11-10(17)3-2-9(16)12(11)18)14-4-6-15(19,8-14)7-5-14;/h2-3,13H,4-8H2,1H3;/q-1;. The van der Waals surface area contributed by atoms with Crippen LogP contribution in [-0.4, -0.2) is 12.7 Å². The van der Waals surface area contributed by atoms with Crippen molar-refractivity contribution >= 4 is 11.6 Å². The second-order valence-corrected chi connectivity index (χ2v) is 6.52. The van der Waals surface area contributed by atoms with Gasteiger partial charge in [-0.15, -0.1) is 7.05 Å². The fourth-order valence-corrected chi connectivity index (χ4v) is 4.06. The number of rotatable bonds is 4. The molecule has 7 heteroatoms. The molecule has 120 valence electrons. The molecule has 2 bridgehead atoms. The fourth-order valence-electron chi connectivity index (χ4n) is 3.89. The fraction of sp³-hybridized carbons (Fsp3) is 0.600. The molecule has 0 radical (unpaired) electrons. The predicted octanol–water partition coefficient (Wildman–Crippen LogP) is 5.27. The molecule has 0 aliphatic heterocycles. The maximum absolute atomic E-state index is 14.4. The van der Waals surface area contributed by atoms with Gasteiger partial charge in [-0.3, -0.25) is 0 Å². The van der Waals surface area contributed by atoms with E-state index in [1.165, 1.54) is 7.05 Å². The molecule has 1 atom stereocenters. The van der Waals surface area contributed by atoms with E-state index < -0.39 is 28.8 Å². The topological polar surface area (TPSA) is 23.3 Å². The van der Waals surface area contributed by atoms with Gasteiger partial charge in [0, 0.05) is 36.5 Å². The van der Waals surface area contributed by atoms with Gasteiger partial charge in [0.25, 0.3) is 0 Å². The molecular weight excluding hydrogens is 541 g/mol. The summed E-state index contributed by atoms with van der Waals surface area (Å²) in [6.45, 7) is 0. The number of hydrogen-bond donors (Lipinski definition) is 0. The molecule has 1 unspecified atom stereocenters. The molecule has 2 saturated carbocycles. The second-order valence-electron chi connectivity index (χ2n) is 6.11.